The van der Waals surface area contributed by atoms with E-state index in [2.05, 4.69) is 57.7 Å². The zero-order valence-electron chi connectivity index (χ0n) is 16.8. The number of benzene rings is 2. The molecular weight excluding hydrogens is 312 g/mol. The molecular formula is C26H32. The Balaban J connectivity index is 1.91. The molecule has 2 aromatic rings. The zero-order valence-corrected chi connectivity index (χ0v) is 16.8. The molecule has 2 aliphatic carbocycles. The maximum Gasteiger partial charge on any atom is -0.0129 e. The fourth-order valence-corrected chi connectivity index (χ4v) is 5.01. The van der Waals surface area contributed by atoms with Gasteiger partial charge in [0, 0.05) is 0 Å². The summed E-state index contributed by atoms with van der Waals surface area (Å²) in [6, 6.07) is 9.32. The molecule has 0 atom stereocenters. The van der Waals surface area contributed by atoms with Crippen molar-refractivity contribution in [1.82, 2.24) is 0 Å². The number of fused-ring (bicyclic) bond motifs is 2. The van der Waals surface area contributed by atoms with Gasteiger partial charge in [-0.3, -0.25) is 0 Å². The second-order valence-electron chi connectivity index (χ2n) is 9.24. The highest BCUT2D eigenvalue weighted by molar-refractivity contribution is 5.60. The van der Waals surface area contributed by atoms with E-state index in [0.29, 0.717) is 0 Å². The van der Waals surface area contributed by atoms with Gasteiger partial charge in [0.05, 0.1) is 0 Å². The molecule has 26 heavy (non-hydrogen) atoms. The number of hydrogen-bond donors (Lipinski definition) is 0. The molecule has 0 spiro atoms. The second kappa shape index (κ2) is 6.72. The van der Waals surface area contributed by atoms with Gasteiger partial charge in [0.25, 0.3) is 0 Å². The molecule has 0 fully saturated rings. The molecule has 0 heterocycles. The van der Waals surface area contributed by atoms with Crippen LogP contribution >= 0.6 is 0 Å². The van der Waals surface area contributed by atoms with Gasteiger partial charge in [-0.05, 0) is 107 Å². The first kappa shape index (κ1) is 17.6. The summed E-state index contributed by atoms with van der Waals surface area (Å²) in [4.78, 5) is 0. The Kier molecular flexibility index (Phi) is 4.55. The molecule has 0 bridgehead atoms. The molecule has 0 unspecified atom stereocenters. The van der Waals surface area contributed by atoms with Crippen molar-refractivity contribution in [3.63, 3.8) is 0 Å². The molecule has 0 aromatic heterocycles. The van der Waals surface area contributed by atoms with Crippen molar-refractivity contribution in [3.05, 3.63) is 68.1 Å². The monoisotopic (exact) mass is 344 g/mol. The summed E-state index contributed by atoms with van der Waals surface area (Å²) in [6.45, 7) is 11.3. The minimum atomic E-state index is 0.231. The molecule has 0 saturated carbocycles. The van der Waals surface area contributed by atoms with Gasteiger partial charge in [0.1, 0.15) is 0 Å². The summed E-state index contributed by atoms with van der Waals surface area (Å²) in [5.74, 6) is 0. The average Bonchev–Trinajstić information content (AvgIpc) is 2.63. The van der Waals surface area contributed by atoms with Crippen LogP contribution in [0.4, 0.5) is 0 Å². The topological polar surface area (TPSA) is 0 Å². The van der Waals surface area contributed by atoms with Gasteiger partial charge < -0.3 is 0 Å². The van der Waals surface area contributed by atoms with E-state index in [-0.39, 0.29) is 5.41 Å². The molecule has 0 N–H and O–H groups in total. The van der Waals surface area contributed by atoms with E-state index in [4.69, 9.17) is 0 Å². The van der Waals surface area contributed by atoms with Crippen molar-refractivity contribution >= 4 is 12.7 Å². The van der Waals surface area contributed by atoms with Crippen LogP contribution in [0.5, 0.6) is 0 Å². The van der Waals surface area contributed by atoms with Crippen molar-refractivity contribution in [1.29, 1.82) is 0 Å². The standard InChI is InChI=1S/C26H32/c1-18-13-14-19(22-10-6-5-9-21(18)22)17-20-15-16-25(26(2,3)4)24-12-8-7-11-23(20)24/h13-17H,1,5-12H2,2-4H3/b19-17+. The first-order valence-electron chi connectivity index (χ1n) is 10.4. The van der Waals surface area contributed by atoms with E-state index in [1.165, 1.54) is 72.9 Å². The lowest BCUT2D eigenvalue weighted by molar-refractivity contribution is 0.568. The van der Waals surface area contributed by atoms with Gasteiger partial charge >= 0.3 is 0 Å². The van der Waals surface area contributed by atoms with Crippen LogP contribution in [0, 0.1) is 0 Å². The van der Waals surface area contributed by atoms with Gasteiger partial charge in [-0.2, -0.15) is 0 Å². The molecule has 0 amide bonds. The molecule has 2 aromatic carbocycles. The summed E-state index contributed by atoms with van der Waals surface area (Å²) < 4.78 is 0. The Morgan fingerprint density at radius 2 is 1.35 bits per heavy atom. The predicted molar refractivity (Wildman–Crippen MR) is 113 cm³/mol. The minimum Gasteiger partial charge on any atom is -0.0915 e. The van der Waals surface area contributed by atoms with E-state index in [1.807, 2.05) is 0 Å². The van der Waals surface area contributed by atoms with E-state index in [1.54, 1.807) is 22.3 Å². The van der Waals surface area contributed by atoms with Crippen molar-refractivity contribution < 1.29 is 0 Å². The van der Waals surface area contributed by atoms with Crippen LogP contribution < -0.4 is 10.4 Å². The maximum absolute atomic E-state index is 4.28. The quantitative estimate of drug-likeness (QED) is 0.684. The molecule has 0 saturated heterocycles. The highest BCUT2D eigenvalue weighted by Gasteiger charge is 2.23. The van der Waals surface area contributed by atoms with Crippen molar-refractivity contribution in [3.8, 4) is 0 Å². The highest BCUT2D eigenvalue weighted by Crippen LogP contribution is 2.34. The molecule has 0 nitrogen and oxygen atoms in total. The summed E-state index contributed by atoms with van der Waals surface area (Å²) in [7, 11) is 0. The summed E-state index contributed by atoms with van der Waals surface area (Å²) in [5.41, 5.74) is 9.58. The van der Waals surface area contributed by atoms with Crippen molar-refractivity contribution in [2.24, 2.45) is 0 Å². The third-order valence-electron chi connectivity index (χ3n) is 6.36. The van der Waals surface area contributed by atoms with Crippen LogP contribution in [0.2, 0.25) is 0 Å². The Hall–Kier alpha value is -1.82. The fraction of sp³-hybridized carbons (Fsp3) is 0.462. The maximum atomic E-state index is 4.28. The lowest BCUT2D eigenvalue weighted by atomic mass is 9.76. The predicted octanol–water partition coefficient (Wildman–Crippen LogP) is 4.98. The Labute approximate surface area is 158 Å². The van der Waals surface area contributed by atoms with E-state index >= 15 is 0 Å². The summed E-state index contributed by atoms with van der Waals surface area (Å²) in [5, 5.41) is 2.67. The van der Waals surface area contributed by atoms with Crippen LogP contribution in [0.15, 0.2) is 24.3 Å². The average molecular weight is 345 g/mol. The Morgan fingerprint density at radius 3 is 2.04 bits per heavy atom. The second-order valence-corrected chi connectivity index (χ2v) is 9.24. The fourth-order valence-electron chi connectivity index (χ4n) is 5.01. The lowest BCUT2D eigenvalue weighted by Gasteiger charge is -2.29. The first-order chi connectivity index (χ1) is 12.4. The minimum absolute atomic E-state index is 0.231. The van der Waals surface area contributed by atoms with Crippen LogP contribution in [0.1, 0.15) is 79.8 Å². The van der Waals surface area contributed by atoms with Crippen molar-refractivity contribution in [2.75, 3.05) is 0 Å². The van der Waals surface area contributed by atoms with Gasteiger partial charge in [-0.1, -0.05) is 51.6 Å². The number of rotatable bonds is 1. The SMILES string of the molecule is C=c1cc/c(=C\c2ccc(C(C)(C)C)c3c2CCCC3)c2c1CCCC2. The van der Waals surface area contributed by atoms with Gasteiger partial charge in [0.2, 0.25) is 0 Å². The normalized spacial score (nSPS) is 17.7. The van der Waals surface area contributed by atoms with Gasteiger partial charge in [-0.25, -0.2) is 0 Å². The third-order valence-corrected chi connectivity index (χ3v) is 6.36. The molecule has 0 heteroatoms. The van der Waals surface area contributed by atoms with Crippen LogP contribution in [-0.4, -0.2) is 0 Å². The summed E-state index contributed by atoms with van der Waals surface area (Å²) >= 11 is 0. The van der Waals surface area contributed by atoms with Crippen LogP contribution in [-0.2, 0) is 31.1 Å². The first-order valence-corrected chi connectivity index (χ1v) is 10.4. The molecule has 136 valence electrons. The molecule has 4 rings (SSSR count). The highest BCUT2D eigenvalue weighted by atomic mass is 14.3. The van der Waals surface area contributed by atoms with Crippen LogP contribution in [0.3, 0.4) is 0 Å². The number of hydrogen-bond acceptors (Lipinski definition) is 0. The third kappa shape index (κ3) is 3.15. The molecule has 2 aliphatic rings. The Morgan fingerprint density at radius 1 is 0.731 bits per heavy atom. The van der Waals surface area contributed by atoms with Gasteiger partial charge in [-0.15, -0.1) is 0 Å². The van der Waals surface area contributed by atoms with Gasteiger partial charge in [0.15, 0.2) is 0 Å². The Bertz CT molecular complexity index is 937. The van der Waals surface area contributed by atoms with E-state index in [9.17, 15) is 0 Å². The molecule has 0 aliphatic heterocycles. The van der Waals surface area contributed by atoms with E-state index < -0.39 is 0 Å². The molecule has 0 radical (unpaired) electrons. The largest absolute Gasteiger partial charge is 0.0915 e. The zero-order chi connectivity index (χ0) is 18.3. The van der Waals surface area contributed by atoms with E-state index in [0.717, 1.165) is 0 Å². The van der Waals surface area contributed by atoms with Crippen molar-refractivity contribution in [2.45, 2.75) is 77.6 Å². The lowest BCUT2D eigenvalue weighted by Crippen LogP contribution is -2.24. The van der Waals surface area contributed by atoms with Crippen LogP contribution in [0.25, 0.3) is 12.7 Å². The summed E-state index contributed by atoms with van der Waals surface area (Å²) in [6.07, 6.45) is 12.7. The smallest absolute Gasteiger partial charge is 0.0129 e.